The van der Waals surface area contributed by atoms with Gasteiger partial charge < -0.3 is 5.71 Å². The fraction of sp³-hybridized carbons (Fsp3) is 1.00. The van der Waals surface area contributed by atoms with Crippen molar-refractivity contribution in [1.82, 2.24) is 21.7 Å². The average Bonchev–Trinajstić information content (AvgIpc) is 2.12. The maximum atomic E-state index is 10.1. The van der Waals surface area contributed by atoms with Gasteiger partial charge in [0.2, 0.25) is 0 Å². The maximum Gasteiger partial charge on any atom is 1.00 e. The second kappa shape index (κ2) is 18.1. The van der Waals surface area contributed by atoms with Crippen LogP contribution in [0, 0.1) is 40.5 Å². The molecule has 22 heavy (non-hydrogen) atoms. The summed E-state index contributed by atoms with van der Waals surface area (Å²) in [6.07, 6.45) is -4.13. The van der Waals surface area contributed by atoms with Gasteiger partial charge in [-0.15, -0.1) is 21.7 Å². The Morgan fingerprint density at radius 2 is 0.682 bits per heavy atom. The maximum absolute atomic E-state index is 10.1. The summed E-state index contributed by atoms with van der Waals surface area (Å²) in [6.45, 7) is 0. The van der Waals surface area contributed by atoms with E-state index in [1.807, 2.05) is 0 Å². The molecular weight excluding hydrogens is 356 g/mol. The molecule has 0 aromatic carbocycles. The Bertz CT molecular complexity index is 320. The van der Waals surface area contributed by atoms with Gasteiger partial charge in [0.05, 0.1) is 0 Å². The van der Waals surface area contributed by atoms with Crippen LogP contribution in [0.2, 0.25) is 0 Å². The Morgan fingerprint density at radius 1 is 0.545 bits per heavy atom. The standard InChI is InChI=1S/C2H6N8O8.4Na.4H/c11-7(12)3-1(4-8(13)14)2(5-9(15)16)6-10(17)18;;;;;;;;/h1-6H;;;;;;;;/q;4*+1;4*-1. The van der Waals surface area contributed by atoms with Crippen LogP contribution >= 0.6 is 0 Å². The second-order valence-electron chi connectivity index (χ2n) is 2.50. The molecule has 16 nitrogen and oxygen atoms in total. The minimum atomic E-state index is -2.06. The van der Waals surface area contributed by atoms with Gasteiger partial charge in [0.15, 0.2) is 20.1 Å². The van der Waals surface area contributed by atoms with Crippen LogP contribution in [0.5, 0.6) is 0 Å². The van der Waals surface area contributed by atoms with E-state index in [1.54, 1.807) is 0 Å². The second-order valence-corrected chi connectivity index (χ2v) is 2.50. The molecule has 4 N–H and O–H groups in total. The zero-order valence-corrected chi connectivity index (χ0v) is 20.2. The van der Waals surface area contributed by atoms with Crippen LogP contribution in [0.1, 0.15) is 5.71 Å². The van der Waals surface area contributed by atoms with Gasteiger partial charge in [-0.1, -0.05) is 0 Å². The van der Waals surface area contributed by atoms with E-state index in [4.69, 9.17) is 0 Å². The van der Waals surface area contributed by atoms with E-state index in [2.05, 4.69) is 0 Å². The number of nitro groups is 4. The molecule has 0 aromatic heterocycles. The van der Waals surface area contributed by atoms with Crippen molar-refractivity contribution >= 4 is 0 Å². The van der Waals surface area contributed by atoms with Crippen molar-refractivity contribution in [3.05, 3.63) is 40.5 Å². The summed E-state index contributed by atoms with van der Waals surface area (Å²) in [5, 5.41) is 35.3. The third-order valence-corrected chi connectivity index (χ3v) is 1.31. The molecule has 0 unspecified atom stereocenters. The minimum absolute atomic E-state index is 0. The van der Waals surface area contributed by atoms with E-state index in [9.17, 15) is 40.5 Å². The van der Waals surface area contributed by atoms with Crippen molar-refractivity contribution in [1.29, 1.82) is 0 Å². The average molecular weight is 366 g/mol. The summed E-state index contributed by atoms with van der Waals surface area (Å²) in [7, 11) is 0. The van der Waals surface area contributed by atoms with Gasteiger partial charge in [-0.05, 0) is 0 Å². The Hall–Kier alpha value is 0.800. The fourth-order valence-electron chi connectivity index (χ4n) is 0.810. The zero-order chi connectivity index (χ0) is 14.3. The van der Waals surface area contributed by atoms with Gasteiger partial charge in [0.25, 0.3) is 12.3 Å². The van der Waals surface area contributed by atoms with Gasteiger partial charge >= 0.3 is 118 Å². The first kappa shape index (κ1) is 34.2. The summed E-state index contributed by atoms with van der Waals surface area (Å²) in [6, 6.07) is 0. The topological polar surface area (TPSA) is 221 Å². The molecule has 0 amide bonds. The summed E-state index contributed by atoms with van der Waals surface area (Å²) in [4.78, 5) is 40.4. The van der Waals surface area contributed by atoms with E-state index in [0.717, 1.165) is 0 Å². The van der Waals surface area contributed by atoms with Crippen molar-refractivity contribution in [2.45, 2.75) is 12.3 Å². The molecule has 20 heteroatoms. The monoisotopic (exact) mass is 366 g/mol. The van der Waals surface area contributed by atoms with E-state index in [0.29, 0.717) is 0 Å². The Labute approximate surface area is 215 Å². The molecule has 0 heterocycles. The molecule has 0 aliphatic heterocycles. The van der Waals surface area contributed by atoms with Crippen molar-refractivity contribution in [2.24, 2.45) is 0 Å². The predicted octanol–water partition coefficient (Wildman–Crippen LogP) is -14.8. The van der Waals surface area contributed by atoms with Crippen LogP contribution in [-0.4, -0.2) is 32.5 Å². The number of hydrogen-bond donors (Lipinski definition) is 4. The minimum Gasteiger partial charge on any atom is -1.00 e. The molecule has 0 radical (unpaired) electrons. The van der Waals surface area contributed by atoms with E-state index in [1.165, 1.54) is 21.7 Å². The van der Waals surface area contributed by atoms with Crippen LogP contribution in [0.25, 0.3) is 0 Å². The molecule has 0 aliphatic carbocycles. The zero-order valence-electron chi connectivity index (χ0n) is 16.2. The predicted molar refractivity (Wildman–Crippen MR) is 52.5 cm³/mol. The SMILES string of the molecule is O=[N+]([O-])NC(N[N+](=O)[O-])C(N[N+](=O)[O-])N[N+](=O)[O-].[H-].[H-].[H-].[H-].[Na+].[Na+].[Na+].[Na+]. The molecule has 0 atom stereocenters. The smallest absolute Gasteiger partial charge is 1.00 e. The fourth-order valence-corrected chi connectivity index (χ4v) is 0.810. The molecule has 0 rings (SSSR count). The summed E-state index contributed by atoms with van der Waals surface area (Å²) >= 11 is 0. The van der Waals surface area contributed by atoms with Crippen molar-refractivity contribution in [2.75, 3.05) is 0 Å². The van der Waals surface area contributed by atoms with Gasteiger partial charge in [-0.25, -0.2) is 40.5 Å². The summed E-state index contributed by atoms with van der Waals surface area (Å²) < 4.78 is 0. The number of hydrogen-bond acceptors (Lipinski definition) is 8. The normalized spacial score (nSPS) is 7.91. The first-order valence-corrected chi connectivity index (χ1v) is 3.84. The van der Waals surface area contributed by atoms with E-state index in [-0.39, 0.29) is 124 Å². The Morgan fingerprint density at radius 3 is 0.773 bits per heavy atom. The molecule has 0 aromatic rings. The van der Waals surface area contributed by atoms with Crippen LogP contribution in [0.4, 0.5) is 0 Å². The third kappa shape index (κ3) is 18.8. The molecule has 110 valence electrons. The number of nitrogens with one attached hydrogen (secondary N) is 4. The molecule has 0 spiro atoms. The quantitative estimate of drug-likeness (QED) is 0.129. The Balaban J connectivity index is -0.0000000516. The number of nitrogens with zero attached hydrogens (tertiary/aromatic N) is 4. The van der Waals surface area contributed by atoms with Crippen molar-refractivity contribution < 1.29 is 144 Å². The first-order chi connectivity index (χ1) is 8.22. The molecule has 0 bridgehead atoms. The molecule has 0 saturated heterocycles. The van der Waals surface area contributed by atoms with Crippen LogP contribution in [-0.2, 0) is 0 Å². The third-order valence-electron chi connectivity index (χ3n) is 1.31. The van der Waals surface area contributed by atoms with Gasteiger partial charge in [-0.3, -0.25) is 0 Å². The van der Waals surface area contributed by atoms with Crippen molar-refractivity contribution in [3.63, 3.8) is 0 Å². The van der Waals surface area contributed by atoms with Gasteiger partial charge in [-0.2, -0.15) is 0 Å². The van der Waals surface area contributed by atoms with Crippen LogP contribution in [0.3, 0.4) is 0 Å². The molecular formula is C2H10N8Na4O8. The summed E-state index contributed by atoms with van der Waals surface area (Å²) in [5.74, 6) is 0. The number of hydrazine groups is 4. The summed E-state index contributed by atoms with van der Waals surface area (Å²) in [5.41, 5.74) is 5.03. The number of rotatable bonds is 9. The Kier molecular flexibility index (Phi) is 28.2. The van der Waals surface area contributed by atoms with Gasteiger partial charge in [0, 0.05) is 0 Å². The van der Waals surface area contributed by atoms with E-state index >= 15 is 0 Å². The van der Waals surface area contributed by atoms with Crippen molar-refractivity contribution in [3.8, 4) is 0 Å². The van der Waals surface area contributed by atoms with Crippen LogP contribution < -0.4 is 140 Å². The van der Waals surface area contributed by atoms with E-state index < -0.39 is 32.5 Å². The first-order valence-electron chi connectivity index (χ1n) is 3.84. The largest absolute Gasteiger partial charge is 1.00 e. The van der Waals surface area contributed by atoms with Crippen LogP contribution in [0.15, 0.2) is 0 Å². The molecule has 0 aliphatic rings. The molecule has 0 saturated carbocycles. The van der Waals surface area contributed by atoms with Gasteiger partial charge in [0.1, 0.15) is 0 Å². The molecule has 0 fully saturated rings.